The minimum atomic E-state index is -3.59. The molecule has 1 unspecified atom stereocenters. The second-order valence-electron chi connectivity index (χ2n) is 3.60. The third-order valence-corrected chi connectivity index (χ3v) is 7.19. The quantitative estimate of drug-likeness (QED) is 0.742. The van der Waals surface area contributed by atoms with Gasteiger partial charge in [-0.25, -0.2) is 8.42 Å². The highest BCUT2D eigenvalue weighted by Gasteiger charge is 2.44. The Kier molecular flexibility index (Phi) is 2.74. The summed E-state index contributed by atoms with van der Waals surface area (Å²) in [5.74, 6) is 0. The number of hydrogen-bond acceptors (Lipinski definition) is 3. The van der Waals surface area contributed by atoms with Gasteiger partial charge in [0.25, 0.3) is 0 Å². The molecule has 15 heavy (non-hydrogen) atoms. The Morgan fingerprint density at radius 1 is 1.47 bits per heavy atom. The molecule has 1 atom stereocenters. The lowest BCUT2D eigenvalue weighted by molar-refractivity contribution is 0.592. The summed E-state index contributed by atoms with van der Waals surface area (Å²) in [5, 5.41) is 0.616. The van der Waals surface area contributed by atoms with Crippen LogP contribution in [0.15, 0.2) is 23.1 Å². The zero-order valence-electron chi connectivity index (χ0n) is 7.83. The second-order valence-corrected chi connectivity index (χ2v) is 8.84. The lowest BCUT2D eigenvalue weighted by Gasteiger charge is -2.17. The SMILES string of the molecule is CC1(S(=O)(=O)Cl)Cc2cc(Cl)ccc2S1. The standard InChI is InChI=1S/C9H8Cl2O2S2/c1-9(15(11,12)13)5-6-4-7(10)2-3-8(6)14-9/h2-4H,5H2,1H3. The average molecular weight is 283 g/mol. The molecule has 0 aliphatic carbocycles. The van der Waals surface area contributed by atoms with E-state index in [0.29, 0.717) is 11.4 Å². The van der Waals surface area contributed by atoms with Gasteiger partial charge < -0.3 is 0 Å². The number of rotatable bonds is 1. The van der Waals surface area contributed by atoms with Gasteiger partial charge in [0, 0.05) is 27.0 Å². The van der Waals surface area contributed by atoms with Crippen LogP contribution in [-0.2, 0) is 15.5 Å². The highest BCUT2D eigenvalue weighted by Crippen LogP contribution is 2.49. The Bertz CT molecular complexity index is 513. The number of benzene rings is 1. The summed E-state index contributed by atoms with van der Waals surface area (Å²) in [7, 11) is 1.84. The number of fused-ring (bicyclic) bond motifs is 1. The van der Waals surface area contributed by atoms with Crippen molar-refractivity contribution < 1.29 is 8.42 Å². The van der Waals surface area contributed by atoms with E-state index in [0.717, 1.165) is 10.5 Å². The summed E-state index contributed by atoms with van der Waals surface area (Å²) in [6.07, 6.45) is 0.402. The predicted octanol–water partition coefficient (Wildman–Crippen LogP) is 3.27. The monoisotopic (exact) mass is 282 g/mol. The molecule has 1 aromatic rings. The molecule has 1 aliphatic heterocycles. The van der Waals surface area contributed by atoms with Gasteiger partial charge in [-0.05, 0) is 30.7 Å². The summed E-state index contributed by atoms with van der Waals surface area (Å²) < 4.78 is 21.9. The van der Waals surface area contributed by atoms with Crippen molar-refractivity contribution in [1.82, 2.24) is 0 Å². The molecule has 0 saturated heterocycles. The average Bonchev–Trinajstić information content (AvgIpc) is 2.40. The second kappa shape index (κ2) is 3.55. The van der Waals surface area contributed by atoms with Crippen molar-refractivity contribution in [2.24, 2.45) is 0 Å². The van der Waals surface area contributed by atoms with E-state index in [1.54, 1.807) is 19.1 Å². The summed E-state index contributed by atoms with van der Waals surface area (Å²) in [6.45, 7) is 1.63. The Labute approximate surface area is 102 Å². The molecule has 82 valence electrons. The molecule has 2 rings (SSSR count). The third-order valence-electron chi connectivity index (χ3n) is 2.38. The molecule has 0 spiro atoms. The van der Waals surface area contributed by atoms with Gasteiger partial charge >= 0.3 is 0 Å². The Balaban J connectivity index is 2.46. The summed E-state index contributed by atoms with van der Waals surface area (Å²) in [4.78, 5) is 0.936. The number of hydrogen-bond donors (Lipinski definition) is 0. The van der Waals surface area contributed by atoms with Gasteiger partial charge in [-0.1, -0.05) is 11.6 Å². The van der Waals surface area contributed by atoms with Gasteiger partial charge in [-0.15, -0.1) is 11.8 Å². The van der Waals surface area contributed by atoms with E-state index in [1.807, 2.05) is 6.07 Å². The minimum absolute atomic E-state index is 0.402. The van der Waals surface area contributed by atoms with Gasteiger partial charge in [0.05, 0.1) is 0 Å². The molecule has 0 bridgehead atoms. The zero-order valence-corrected chi connectivity index (χ0v) is 11.0. The molecule has 2 nitrogen and oxygen atoms in total. The van der Waals surface area contributed by atoms with Crippen molar-refractivity contribution in [3.8, 4) is 0 Å². The van der Waals surface area contributed by atoms with E-state index in [1.165, 1.54) is 11.8 Å². The van der Waals surface area contributed by atoms with Crippen molar-refractivity contribution >= 4 is 43.1 Å². The molecule has 0 N–H and O–H groups in total. The molecule has 1 aliphatic rings. The molecular formula is C9H8Cl2O2S2. The first kappa shape index (κ1) is 11.6. The van der Waals surface area contributed by atoms with Gasteiger partial charge in [-0.2, -0.15) is 0 Å². The molecule has 0 aromatic heterocycles. The first-order valence-electron chi connectivity index (χ1n) is 4.23. The van der Waals surface area contributed by atoms with Gasteiger partial charge in [0.1, 0.15) is 4.08 Å². The maximum atomic E-state index is 11.4. The fourth-order valence-electron chi connectivity index (χ4n) is 1.54. The third kappa shape index (κ3) is 2.00. The maximum Gasteiger partial charge on any atom is 0.248 e. The van der Waals surface area contributed by atoms with Crippen LogP contribution in [0.3, 0.4) is 0 Å². The minimum Gasteiger partial charge on any atom is -0.211 e. The smallest absolute Gasteiger partial charge is 0.211 e. The molecule has 6 heteroatoms. The Hall–Kier alpha value is 0.1000. The van der Waals surface area contributed by atoms with Crippen LogP contribution >= 0.6 is 34.0 Å². The van der Waals surface area contributed by atoms with Crippen LogP contribution in [-0.4, -0.2) is 12.5 Å². The highest BCUT2D eigenvalue weighted by atomic mass is 35.7. The van der Waals surface area contributed by atoms with E-state index in [4.69, 9.17) is 22.3 Å². The summed E-state index contributed by atoms with van der Waals surface area (Å²) in [5.41, 5.74) is 0.944. The van der Waals surface area contributed by atoms with Crippen LogP contribution in [0.4, 0.5) is 0 Å². The van der Waals surface area contributed by atoms with Gasteiger partial charge in [0.2, 0.25) is 9.05 Å². The zero-order chi connectivity index (χ0) is 11.3. The van der Waals surface area contributed by atoms with Crippen molar-refractivity contribution in [2.75, 3.05) is 0 Å². The lowest BCUT2D eigenvalue weighted by atomic mass is 10.1. The first-order chi connectivity index (χ1) is 6.82. The first-order valence-corrected chi connectivity index (χ1v) is 7.74. The van der Waals surface area contributed by atoms with E-state index in [2.05, 4.69) is 0 Å². The normalized spacial score (nSPS) is 25.3. The molecule has 0 fully saturated rings. The van der Waals surface area contributed by atoms with Crippen LogP contribution in [0, 0.1) is 0 Å². The molecule has 1 heterocycles. The van der Waals surface area contributed by atoms with Crippen molar-refractivity contribution in [3.63, 3.8) is 0 Å². The number of halogens is 2. The molecule has 0 saturated carbocycles. The van der Waals surface area contributed by atoms with Gasteiger partial charge in [0.15, 0.2) is 0 Å². The van der Waals surface area contributed by atoms with Crippen LogP contribution in [0.2, 0.25) is 5.02 Å². The maximum absolute atomic E-state index is 11.4. The van der Waals surface area contributed by atoms with Crippen LogP contribution in [0.25, 0.3) is 0 Å². The van der Waals surface area contributed by atoms with Gasteiger partial charge in [-0.3, -0.25) is 0 Å². The fraction of sp³-hybridized carbons (Fsp3) is 0.333. The lowest BCUT2D eigenvalue weighted by Crippen LogP contribution is -2.26. The number of thioether (sulfide) groups is 1. The highest BCUT2D eigenvalue weighted by molar-refractivity contribution is 8.25. The molecule has 1 aromatic carbocycles. The van der Waals surface area contributed by atoms with Crippen LogP contribution in [0.1, 0.15) is 12.5 Å². The van der Waals surface area contributed by atoms with E-state index >= 15 is 0 Å². The topological polar surface area (TPSA) is 34.1 Å². The predicted molar refractivity (Wildman–Crippen MR) is 64.2 cm³/mol. The Morgan fingerprint density at radius 3 is 2.73 bits per heavy atom. The summed E-state index contributed by atoms with van der Waals surface area (Å²) in [6, 6.07) is 5.37. The van der Waals surface area contributed by atoms with Crippen molar-refractivity contribution in [1.29, 1.82) is 0 Å². The fourth-order valence-corrected chi connectivity index (χ4v) is 4.26. The van der Waals surface area contributed by atoms with E-state index in [9.17, 15) is 8.42 Å². The molecular weight excluding hydrogens is 275 g/mol. The van der Waals surface area contributed by atoms with Crippen molar-refractivity contribution in [2.45, 2.75) is 22.3 Å². The van der Waals surface area contributed by atoms with Crippen LogP contribution in [0.5, 0.6) is 0 Å². The van der Waals surface area contributed by atoms with E-state index in [-0.39, 0.29) is 0 Å². The largest absolute Gasteiger partial charge is 0.248 e. The Morgan fingerprint density at radius 2 is 2.13 bits per heavy atom. The summed E-state index contributed by atoms with van der Waals surface area (Å²) >= 11 is 7.11. The molecule has 0 radical (unpaired) electrons. The van der Waals surface area contributed by atoms with Crippen LogP contribution < -0.4 is 0 Å². The van der Waals surface area contributed by atoms with Crippen molar-refractivity contribution in [3.05, 3.63) is 28.8 Å². The molecule has 0 amide bonds. The van der Waals surface area contributed by atoms with E-state index < -0.39 is 13.1 Å².